The van der Waals surface area contributed by atoms with Crippen LogP contribution >= 0.6 is 11.8 Å². The van der Waals surface area contributed by atoms with Crippen molar-refractivity contribution >= 4 is 11.8 Å². The fraction of sp³-hybridized carbons (Fsp3) is 1.00. The largest absolute Gasteiger partial charge is 0.392 e. The van der Waals surface area contributed by atoms with Gasteiger partial charge in [0, 0.05) is 6.54 Å². The second kappa shape index (κ2) is 5.89. The van der Waals surface area contributed by atoms with Gasteiger partial charge in [0.1, 0.15) is 0 Å². The minimum absolute atomic E-state index is 0.186. The van der Waals surface area contributed by atoms with Gasteiger partial charge in [-0.3, -0.25) is 0 Å². The van der Waals surface area contributed by atoms with Gasteiger partial charge < -0.3 is 10.4 Å². The first-order chi connectivity index (χ1) is 6.20. The maximum Gasteiger partial charge on any atom is 0.0687 e. The van der Waals surface area contributed by atoms with E-state index in [1.807, 2.05) is 11.8 Å². The molecule has 2 nitrogen and oxygen atoms in total. The summed E-state index contributed by atoms with van der Waals surface area (Å²) in [5.74, 6) is 3.82. The van der Waals surface area contributed by atoms with Gasteiger partial charge in [-0.2, -0.15) is 11.8 Å². The molecule has 0 aliphatic carbocycles. The third kappa shape index (κ3) is 4.34. The molecule has 2 atom stereocenters. The molecule has 1 aliphatic heterocycles. The van der Waals surface area contributed by atoms with E-state index in [4.69, 9.17) is 0 Å². The van der Waals surface area contributed by atoms with Crippen molar-refractivity contribution in [1.29, 1.82) is 0 Å². The highest BCUT2D eigenvalue weighted by Crippen LogP contribution is 2.22. The van der Waals surface area contributed by atoms with Crippen LogP contribution in [0, 0.1) is 11.8 Å². The summed E-state index contributed by atoms with van der Waals surface area (Å²) in [6.45, 7) is 5.94. The van der Waals surface area contributed by atoms with E-state index in [1.165, 1.54) is 17.9 Å². The summed E-state index contributed by atoms with van der Waals surface area (Å²) in [6, 6.07) is 0. The van der Waals surface area contributed by atoms with Crippen LogP contribution in [-0.4, -0.2) is 35.8 Å². The lowest BCUT2D eigenvalue weighted by Crippen LogP contribution is -2.33. The minimum atomic E-state index is -0.186. The van der Waals surface area contributed by atoms with Crippen LogP contribution in [0.4, 0.5) is 0 Å². The van der Waals surface area contributed by atoms with Crippen LogP contribution in [0.1, 0.15) is 20.3 Å². The first-order valence-corrected chi connectivity index (χ1v) is 6.32. The predicted molar refractivity (Wildman–Crippen MR) is 59.1 cm³/mol. The van der Waals surface area contributed by atoms with Gasteiger partial charge in [-0.25, -0.2) is 0 Å². The molecule has 2 N–H and O–H groups in total. The summed E-state index contributed by atoms with van der Waals surface area (Å²) < 4.78 is 0. The van der Waals surface area contributed by atoms with Crippen LogP contribution in [0.5, 0.6) is 0 Å². The molecule has 1 aliphatic rings. The molecule has 0 radical (unpaired) electrons. The van der Waals surface area contributed by atoms with Gasteiger partial charge in [0.2, 0.25) is 0 Å². The lowest BCUT2D eigenvalue weighted by Gasteiger charge is -2.16. The summed E-state index contributed by atoms with van der Waals surface area (Å²) in [6.07, 6.45) is 1.16. The van der Waals surface area contributed by atoms with Crippen molar-refractivity contribution in [3.8, 4) is 0 Å². The van der Waals surface area contributed by atoms with Gasteiger partial charge in [-0.1, -0.05) is 13.8 Å². The molecule has 1 rings (SSSR count). The molecular formula is C10H21NOS. The molecule has 0 spiro atoms. The van der Waals surface area contributed by atoms with Crippen LogP contribution in [0.25, 0.3) is 0 Å². The number of aliphatic hydroxyl groups is 1. The predicted octanol–water partition coefficient (Wildman–Crippen LogP) is 1.35. The zero-order valence-corrected chi connectivity index (χ0v) is 9.44. The molecule has 1 fully saturated rings. The first-order valence-electron chi connectivity index (χ1n) is 5.16. The average molecular weight is 203 g/mol. The molecule has 1 saturated heterocycles. The molecule has 2 unspecified atom stereocenters. The van der Waals surface area contributed by atoms with Gasteiger partial charge in [0.25, 0.3) is 0 Å². The van der Waals surface area contributed by atoms with Crippen LogP contribution in [0.2, 0.25) is 0 Å². The third-order valence-electron chi connectivity index (χ3n) is 2.58. The SMILES string of the molecule is CC(C)C(O)CNCC1CCSC1. The highest BCUT2D eigenvalue weighted by molar-refractivity contribution is 7.99. The van der Waals surface area contributed by atoms with E-state index in [0.717, 1.165) is 19.0 Å². The van der Waals surface area contributed by atoms with Crippen LogP contribution in [0.15, 0.2) is 0 Å². The summed E-state index contributed by atoms with van der Waals surface area (Å²) in [5, 5.41) is 12.9. The Hall–Kier alpha value is 0.270. The van der Waals surface area contributed by atoms with Crippen LogP contribution < -0.4 is 5.32 Å². The Bertz CT molecular complexity index is 133. The van der Waals surface area contributed by atoms with Crippen LogP contribution in [-0.2, 0) is 0 Å². The van der Waals surface area contributed by atoms with Crippen molar-refractivity contribution in [2.24, 2.45) is 11.8 Å². The van der Waals surface area contributed by atoms with E-state index in [1.54, 1.807) is 0 Å². The summed E-state index contributed by atoms with van der Waals surface area (Å²) in [7, 11) is 0. The van der Waals surface area contributed by atoms with Crippen molar-refractivity contribution in [1.82, 2.24) is 5.32 Å². The number of nitrogens with one attached hydrogen (secondary N) is 1. The van der Waals surface area contributed by atoms with Gasteiger partial charge in [-0.05, 0) is 36.3 Å². The van der Waals surface area contributed by atoms with Crippen molar-refractivity contribution in [3.05, 3.63) is 0 Å². The molecule has 0 bridgehead atoms. The lowest BCUT2D eigenvalue weighted by molar-refractivity contribution is 0.122. The molecule has 0 aromatic carbocycles. The average Bonchev–Trinajstić information content (AvgIpc) is 2.56. The Morgan fingerprint density at radius 2 is 2.31 bits per heavy atom. The summed E-state index contributed by atoms with van der Waals surface area (Å²) in [5.41, 5.74) is 0. The zero-order chi connectivity index (χ0) is 9.68. The number of thioether (sulfide) groups is 1. The Labute approximate surface area is 85.5 Å². The number of aliphatic hydroxyl groups excluding tert-OH is 1. The maximum atomic E-state index is 9.53. The molecule has 0 aromatic heterocycles. The molecule has 0 saturated carbocycles. The maximum absolute atomic E-state index is 9.53. The smallest absolute Gasteiger partial charge is 0.0687 e. The second-order valence-corrected chi connectivity index (χ2v) is 5.35. The van der Waals surface area contributed by atoms with E-state index < -0.39 is 0 Å². The molecule has 3 heteroatoms. The van der Waals surface area contributed by atoms with Crippen molar-refractivity contribution in [2.45, 2.75) is 26.4 Å². The van der Waals surface area contributed by atoms with Crippen molar-refractivity contribution < 1.29 is 5.11 Å². The fourth-order valence-corrected chi connectivity index (χ4v) is 2.70. The third-order valence-corrected chi connectivity index (χ3v) is 3.81. The summed E-state index contributed by atoms with van der Waals surface area (Å²) in [4.78, 5) is 0. The second-order valence-electron chi connectivity index (χ2n) is 4.20. The van der Waals surface area contributed by atoms with Gasteiger partial charge in [0.15, 0.2) is 0 Å². The van der Waals surface area contributed by atoms with Gasteiger partial charge >= 0.3 is 0 Å². The Morgan fingerprint density at radius 3 is 2.85 bits per heavy atom. The minimum Gasteiger partial charge on any atom is -0.392 e. The van der Waals surface area contributed by atoms with E-state index >= 15 is 0 Å². The van der Waals surface area contributed by atoms with E-state index in [-0.39, 0.29) is 6.10 Å². The van der Waals surface area contributed by atoms with Crippen LogP contribution in [0.3, 0.4) is 0 Å². The molecule has 0 aromatic rings. The standard InChI is InChI=1S/C10H21NOS/c1-8(2)10(12)6-11-5-9-3-4-13-7-9/h8-12H,3-7H2,1-2H3. The number of hydrogen-bond donors (Lipinski definition) is 2. The van der Waals surface area contributed by atoms with Gasteiger partial charge in [-0.15, -0.1) is 0 Å². The molecule has 1 heterocycles. The molecular weight excluding hydrogens is 182 g/mol. The number of hydrogen-bond acceptors (Lipinski definition) is 3. The summed E-state index contributed by atoms with van der Waals surface area (Å²) >= 11 is 2.04. The zero-order valence-electron chi connectivity index (χ0n) is 8.62. The quantitative estimate of drug-likeness (QED) is 0.707. The Kier molecular flexibility index (Phi) is 5.14. The molecule has 13 heavy (non-hydrogen) atoms. The normalized spacial score (nSPS) is 25.4. The topological polar surface area (TPSA) is 32.3 Å². The Morgan fingerprint density at radius 1 is 1.54 bits per heavy atom. The van der Waals surface area contributed by atoms with Crippen molar-refractivity contribution in [3.63, 3.8) is 0 Å². The highest BCUT2D eigenvalue weighted by atomic mass is 32.2. The molecule has 0 amide bonds. The van der Waals surface area contributed by atoms with Gasteiger partial charge in [0.05, 0.1) is 6.10 Å². The van der Waals surface area contributed by atoms with Crippen molar-refractivity contribution in [2.75, 3.05) is 24.6 Å². The number of rotatable bonds is 5. The Balaban J connectivity index is 1.99. The van der Waals surface area contributed by atoms with E-state index in [0.29, 0.717) is 5.92 Å². The fourth-order valence-electron chi connectivity index (χ4n) is 1.42. The highest BCUT2D eigenvalue weighted by Gasteiger charge is 2.15. The van der Waals surface area contributed by atoms with E-state index in [9.17, 15) is 5.11 Å². The monoisotopic (exact) mass is 203 g/mol. The molecule has 78 valence electrons. The lowest BCUT2D eigenvalue weighted by atomic mass is 10.1. The first kappa shape index (κ1) is 11.3. The van der Waals surface area contributed by atoms with E-state index in [2.05, 4.69) is 19.2 Å².